The van der Waals surface area contributed by atoms with Crippen LogP contribution in [0.1, 0.15) is 36.0 Å². The van der Waals surface area contributed by atoms with Crippen molar-refractivity contribution in [3.05, 3.63) is 30.0 Å². The Morgan fingerprint density at radius 2 is 2.33 bits per heavy atom. The van der Waals surface area contributed by atoms with Crippen molar-refractivity contribution in [2.24, 2.45) is 0 Å². The first-order valence-electron chi connectivity index (χ1n) is 7.49. The number of nitrogens with zero attached hydrogens (tertiary/aromatic N) is 1. The van der Waals surface area contributed by atoms with Gasteiger partial charge in [0.25, 0.3) is 5.91 Å². The van der Waals surface area contributed by atoms with E-state index in [0.29, 0.717) is 11.3 Å². The second-order valence-corrected chi connectivity index (χ2v) is 5.67. The number of aromatic amines is 1. The molecule has 2 heterocycles. The van der Waals surface area contributed by atoms with Crippen molar-refractivity contribution >= 4 is 22.5 Å². The summed E-state index contributed by atoms with van der Waals surface area (Å²) in [7, 11) is 0. The zero-order valence-electron chi connectivity index (χ0n) is 12.0. The maximum Gasteiger partial charge on any atom is 0.256 e. The Balaban J connectivity index is 1.87. The topological polar surface area (TPSA) is 82.4 Å². The minimum absolute atomic E-state index is 0.0623. The van der Waals surface area contributed by atoms with E-state index in [2.05, 4.69) is 4.98 Å². The van der Waals surface area contributed by atoms with Crippen molar-refractivity contribution in [1.82, 2.24) is 9.88 Å². The predicted molar refractivity (Wildman–Crippen MR) is 83.1 cm³/mol. The van der Waals surface area contributed by atoms with Gasteiger partial charge in [-0.2, -0.15) is 0 Å². The van der Waals surface area contributed by atoms with Crippen molar-refractivity contribution in [3.63, 3.8) is 0 Å². The lowest BCUT2D eigenvalue weighted by Gasteiger charge is -2.24. The molecule has 2 aromatic rings. The maximum atomic E-state index is 12.8. The molecule has 0 radical (unpaired) electrons. The van der Waals surface area contributed by atoms with Gasteiger partial charge in [0, 0.05) is 42.0 Å². The number of H-pyrrole nitrogens is 1. The zero-order valence-corrected chi connectivity index (χ0v) is 12.0. The second kappa shape index (κ2) is 5.77. The Morgan fingerprint density at radius 1 is 1.48 bits per heavy atom. The number of benzene rings is 1. The number of aromatic nitrogens is 1. The van der Waals surface area contributed by atoms with Crippen LogP contribution in [0, 0.1) is 0 Å². The van der Waals surface area contributed by atoms with Gasteiger partial charge in [-0.05, 0) is 43.9 Å². The van der Waals surface area contributed by atoms with E-state index in [0.717, 1.165) is 43.1 Å². The SMILES string of the molecule is Nc1ccc2[nH]cc(C(=O)N3CCCC3CCCO)c2c1. The number of nitrogens with two attached hydrogens (primary N) is 1. The number of nitrogen functional groups attached to an aromatic ring is 1. The van der Waals surface area contributed by atoms with Crippen molar-refractivity contribution in [2.45, 2.75) is 31.7 Å². The van der Waals surface area contributed by atoms with Crippen LogP contribution in [-0.2, 0) is 0 Å². The summed E-state index contributed by atoms with van der Waals surface area (Å²) in [6.45, 7) is 0.978. The lowest BCUT2D eigenvalue weighted by molar-refractivity contribution is 0.0726. The highest BCUT2D eigenvalue weighted by atomic mass is 16.3. The van der Waals surface area contributed by atoms with E-state index in [1.807, 2.05) is 23.1 Å². The van der Waals surface area contributed by atoms with E-state index in [1.54, 1.807) is 6.20 Å². The van der Waals surface area contributed by atoms with E-state index in [1.165, 1.54) is 0 Å². The van der Waals surface area contributed by atoms with Crippen LogP contribution in [0.3, 0.4) is 0 Å². The third-order valence-corrected chi connectivity index (χ3v) is 4.27. The third-order valence-electron chi connectivity index (χ3n) is 4.27. The summed E-state index contributed by atoms with van der Waals surface area (Å²) in [6, 6.07) is 5.81. The summed E-state index contributed by atoms with van der Waals surface area (Å²) in [5, 5.41) is 9.87. The van der Waals surface area contributed by atoms with Gasteiger partial charge >= 0.3 is 0 Å². The van der Waals surface area contributed by atoms with E-state index >= 15 is 0 Å². The Kier molecular flexibility index (Phi) is 3.84. The van der Waals surface area contributed by atoms with Crippen LogP contribution in [0.5, 0.6) is 0 Å². The molecule has 1 aliphatic heterocycles. The molecule has 0 bridgehead atoms. The lowest BCUT2D eigenvalue weighted by atomic mass is 10.1. The van der Waals surface area contributed by atoms with Crippen molar-refractivity contribution in [1.29, 1.82) is 0 Å². The van der Waals surface area contributed by atoms with Crippen LogP contribution in [-0.4, -0.2) is 40.1 Å². The average molecular weight is 287 g/mol. The molecular formula is C16H21N3O2. The van der Waals surface area contributed by atoms with Crippen LogP contribution in [0.2, 0.25) is 0 Å². The molecule has 1 fully saturated rings. The Morgan fingerprint density at radius 3 is 3.14 bits per heavy atom. The first-order chi connectivity index (χ1) is 10.2. The summed E-state index contributed by atoms with van der Waals surface area (Å²) in [5.41, 5.74) is 8.11. The lowest BCUT2D eigenvalue weighted by Crippen LogP contribution is -2.35. The number of hydrogen-bond donors (Lipinski definition) is 3. The molecule has 1 aromatic heterocycles. The Bertz CT molecular complexity index is 650. The van der Waals surface area contributed by atoms with Gasteiger partial charge in [0.2, 0.25) is 0 Å². The standard InChI is InChI=1S/C16H21N3O2/c17-11-5-6-15-13(9-11)14(10-18-15)16(21)19-7-1-3-12(19)4-2-8-20/h5-6,9-10,12,18,20H,1-4,7-8,17H2. The number of aliphatic hydroxyl groups excluding tert-OH is 1. The minimum Gasteiger partial charge on any atom is -0.399 e. The van der Waals surface area contributed by atoms with Crippen molar-refractivity contribution in [3.8, 4) is 0 Å². The maximum absolute atomic E-state index is 12.8. The molecule has 1 saturated heterocycles. The van der Waals surface area contributed by atoms with E-state index in [-0.39, 0.29) is 18.6 Å². The highest BCUT2D eigenvalue weighted by molar-refractivity contribution is 6.07. The fraction of sp³-hybridized carbons (Fsp3) is 0.438. The van der Waals surface area contributed by atoms with Crippen molar-refractivity contribution < 1.29 is 9.90 Å². The molecule has 1 unspecified atom stereocenters. The smallest absolute Gasteiger partial charge is 0.256 e. The van der Waals surface area contributed by atoms with E-state index in [9.17, 15) is 4.79 Å². The van der Waals surface area contributed by atoms with Gasteiger partial charge < -0.3 is 20.7 Å². The number of fused-ring (bicyclic) bond motifs is 1. The van der Waals surface area contributed by atoms with Crippen LogP contribution in [0.15, 0.2) is 24.4 Å². The molecule has 1 atom stereocenters. The van der Waals surface area contributed by atoms with Gasteiger partial charge in [0.05, 0.1) is 5.56 Å². The fourth-order valence-corrected chi connectivity index (χ4v) is 3.20. The zero-order chi connectivity index (χ0) is 14.8. The molecule has 21 heavy (non-hydrogen) atoms. The molecule has 112 valence electrons. The number of carbonyl (C=O) groups is 1. The second-order valence-electron chi connectivity index (χ2n) is 5.67. The summed E-state index contributed by atoms with van der Waals surface area (Å²) in [6.07, 6.45) is 5.44. The van der Waals surface area contributed by atoms with Crippen LogP contribution in [0.4, 0.5) is 5.69 Å². The van der Waals surface area contributed by atoms with Gasteiger partial charge in [-0.3, -0.25) is 4.79 Å². The number of anilines is 1. The summed E-state index contributed by atoms with van der Waals surface area (Å²) >= 11 is 0. The number of nitrogens with one attached hydrogen (secondary N) is 1. The largest absolute Gasteiger partial charge is 0.399 e. The molecule has 0 spiro atoms. The minimum atomic E-state index is 0.0623. The number of hydrogen-bond acceptors (Lipinski definition) is 3. The Hall–Kier alpha value is -2.01. The van der Waals surface area contributed by atoms with Gasteiger partial charge in [-0.25, -0.2) is 0 Å². The Labute approximate surface area is 123 Å². The van der Waals surface area contributed by atoms with Crippen LogP contribution >= 0.6 is 0 Å². The number of amides is 1. The number of carbonyl (C=O) groups excluding carboxylic acids is 1. The fourth-order valence-electron chi connectivity index (χ4n) is 3.20. The first kappa shape index (κ1) is 13.9. The highest BCUT2D eigenvalue weighted by Gasteiger charge is 2.30. The average Bonchev–Trinajstić information content (AvgIpc) is 3.10. The number of rotatable bonds is 4. The van der Waals surface area contributed by atoms with Crippen LogP contribution < -0.4 is 5.73 Å². The molecule has 1 aromatic carbocycles. The van der Waals surface area contributed by atoms with Crippen molar-refractivity contribution in [2.75, 3.05) is 18.9 Å². The van der Waals surface area contributed by atoms with E-state index < -0.39 is 0 Å². The molecule has 5 heteroatoms. The molecule has 5 nitrogen and oxygen atoms in total. The van der Waals surface area contributed by atoms with Gasteiger partial charge in [-0.1, -0.05) is 0 Å². The molecule has 1 aliphatic rings. The van der Waals surface area contributed by atoms with E-state index in [4.69, 9.17) is 10.8 Å². The molecule has 0 saturated carbocycles. The van der Waals surface area contributed by atoms with Gasteiger partial charge in [0.1, 0.15) is 0 Å². The molecule has 1 amide bonds. The molecule has 3 rings (SSSR count). The number of likely N-dealkylation sites (tertiary alicyclic amines) is 1. The van der Waals surface area contributed by atoms with Gasteiger partial charge in [-0.15, -0.1) is 0 Å². The monoisotopic (exact) mass is 287 g/mol. The molecular weight excluding hydrogens is 266 g/mol. The third kappa shape index (κ3) is 2.61. The molecule has 4 N–H and O–H groups in total. The highest BCUT2D eigenvalue weighted by Crippen LogP contribution is 2.27. The molecule has 0 aliphatic carbocycles. The van der Waals surface area contributed by atoms with Gasteiger partial charge in [0.15, 0.2) is 0 Å². The summed E-state index contributed by atoms with van der Waals surface area (Å²) < 4.78 is 0. The summed E-state index contributed by atoms with van der Waals surface area (Å²) in [4.78, 5) is 17.9. The predicted octanol–water partition coefficient (Wildman–Crippen LogP) is 2.13. The van der Waals surface area contributed by atoms with Crippen LogP contribution in [0.25, 0.3) is 10.9 Å². The quantitative estimate of drug-likeness (QED) is 0.753. The normalized spacial score (nSPS) is 18.5. The first-order valence-corrected chi connectivity index (χ1v) is 7.49. The number of aliphatic hydroxyl groups is 1. The summed E-state index contributed by atoms with van der Waals surface area (Å²) in [5.74, 6) is 0.0623.